The lowest BCUT2D eigenvalue weighted by atomic mass is 9.57. The maximum atomic E-state index is 4.01. The molecule has 0 saturated carbocycles. The van der Waals surface area contributed by atoms with Crippen LogP contribution in [0.3, 0.4) is 0 Å². The van der Waals surface area contributed by atoms with Crippen LogP contribution in [-0.2, 0) is 28.1 Å². The fraction of sp³-hybridized carbons (Fsp3) is 0.354. The van der Waals surface area contributed by atoms with Gasteiger partial charge in [-0.1, -0.05) is 148 Å². The molecule has 0 spiro atoms. The van der Waals surface area contributed by atoms with Crippen molar-refractivity contribution in [2.45, 2.75) is 149 Å². The average molecular weight is 922 g/mol. The Labute approximate surface area is 417 Å². The number of nitrogens with one attached hydrogen (secondary N) is 1. The van der Waals surface area contributed by atoms with Gasteiger partial charge in [0.25, 0.3) is 0 Å². The van der Waals surface area contributed by atoms with E-state index in [1.807, 2.05) is 11.3 Å². The number of benzene rings is 7. The van der Waals surface area contributed by atoms with Crippen LogP contribution in [0.2, 0.25) is 0 Å². The molecule has 0 fully saturated rings. The van der Waals surface area contributed by atoms with Crippen LogP contribution in [0.25, 0.3) is 43.1 Å². The van der Waals surface area contributed by atoms with E-state index in [4.69, 9.17) is 0 Å². The minimum absolute atomic E-state index is 0.0582. The number of nitrogens with zero attached hydrogens (tertiary/aromatic N) is 1. The van der Waals surface area contributed by atoms with Crippen LogP contribution in [0.1, 0.15) is 146 Å². The van der Waals surface area contributed by atoms with E-state index in [-0.39, 0.29) is 21.7 Å². The zero-order chi connectivity index (χ0) is 48.2. The van der Waals surface area contributed by atoms with E-state index in [2.05, 4.69) is 215 Å². The van der Waals surface area contributed by atoms with Gasteiger partial charge in [-0.15, -0.1) is 11.3 Å². The normalized spacial score (nSPS) is 17.2. The number of hydrogen-bond acceptors (Lipinski definition) is 3. The summed E-state index contributed by atoms with van der Waals surface area (Å²) in [5.41, 5.74) is 22.7. The van der Waals surface area contributed by atoms with Crippen molar-refractivity contribution >= 4 is 78.2 Å². The largest absolute Gasteiger partial charge is 0.355 e. The van der Waals surface area contributed by atoms with Crippen LogP contribution in [0, 0.1) is 13.8 Å². The SMILES string of the molecule is CCCCCc1ccc(Nc2ccc3ccccc3c2-c2cc(-c3ccccc3C)cc3c2[B]c2c(sc4cc5c(cc24)C(C)(C)CCC5(C)C)N3c2cc3c(cc2C)C(C)(C)CCC3(C)C)cc1. The Bertz CT molecular complexity index is 3330. The summed E-state index contributed by atoms with van der Waals surface area (Å²) in [5.74, 6) is 0. The van der Waals surface area contributed by atoms with Gasteiger partial charge in [-0.25, -0.2) is 0 Å². The second-order valence-electron chi connectivity index (χ2n) is 23.7. The minimum Gasteiger partial charge on any atom is -0.355 e. The molecular formula is C65H70BN2S. The second kappa shape index (κ2) is 16.8. The van der Waals surface area contributed by atoms with Crippen LogP contribution in [0.4, 0.5) is 27.8 Å². The third-order valence-electron chi connectivity index (χ3n) is 16.9. The summed E-state index contributed by atoms with van der Waals surface area (Å²) in [6.45, 7) is 26.6. The highest BCUT2D eigenvalue weighted by atomic mass is 32.1. The Hall–Kier alpha value is -5.58. The lowest BCUT2D eigenvalue weighted by molar-refractivity contribution is 0.332. The van der Waals surface area contributed by atoms with Gasteiger partial charge in [0, 0.05) is 27.3 Å². The summed E-state index contributed by atoms with van der Waals surface area (Å²) >= 11 is 1.99. The van der Waals surface area contributed by atoms with Crippen molar-refractivity contribution < 1.29 is 0 Å². The lowest BCUT2D eigenvalue weighted by Crippen LogP contribution is -2.41. The molecule has 0 atom stereocenters. The number of fused-ring (bicyclic) bond motifs is 7. The number of hydrogen-bond donors (Lipinski definition) is 1. The second-order valence-corrected chi connectivity index (χ2v) is 24.7. The standard InChI is InChI=1S/C65H70BN2S/c1-12-13-14-20-42-24-27-45(28-25-42)67-54-29-26-43-21-16-18-23-47(43)58(54)49-35-44(46-22-17-15-19-40(46)2)36-56-59(49)66-60-48-37-51-53(65(10,11)33-31-63(51,6)7)39-57(48)69-61(60)68(56)55-38-52-50(34-41(55)3)62(4,5)30-32-64(52,8)9/h15-19,21-29,34-39,67H,12-14,20,30-33H2,1-11H3. The third kappa shape index (κ3) is 7.85. The van der Waals surface area contributed by atoms with Gasteiger partial charge in [0.2, 0.25) is 0 Å². The molecule has 7 aromatic carbocycles. The van der Waals surface area contributed by atoms with Crippen LogP contribution in [-0.4, -0.2) is 7.28 Å². The minimum atomic E-state index is 0.0582. The van der Waals surface area contributed by atoms with Crippen molar-refractivity contribution in [1.82, 2.24) is 0 Å². The average Bonchev–Trinajstić information content (AvgIpc) is 3.69. The summed E-state index contributed by atoms with van der Waals surface area (Å²) < 4.78 is 1.38. The smallest absolute Gasteiger partial charge is 0.199 e. The zero-order valence-electron chi connectivity index (χ0n) is 43.1. The Balaban J connectivity index is 1.22. The quantitative estimate of drug-likeness (QED) is 0.115. The van der Waals surface area contributed by atoms with E-state index in [1.165, 1.54) is 154 Å². The molecule has 11 rings (SSSR count). The molecule has 0 unspecified atom stereocenters. The third-order valence-corrected chi connectivity index (χ3v) is 18.1. The maximum absolute atomic E-state index is 4.01. The monoisotopic (exact) mass is 922 g/mol. The molecule has 2 aliphatic carbocycles. The molecule has 1 radical (unpaired) electrons. The van der Waals surface area contributed by atoms with Crippen LogP contribution in [0.15, 0.2) is 121 Å². The van der Waals surface area contributed by atoms with Gasteiger partial charge in [0.15, 0.2) is 7.28 Å². The van der Waals surface area contributed by atoms with Gasteiger partial charge in [-0.05, 0) is 205 Å². The van der Waals surface area contributed by atoms with E-state index in [0.717, 1.165) is 17.8 Å². The number of unbranched alkanes of at least 4 members (excludes halogenated alkanes) is 2. The number of aryl methyl sites for hydroxylation is 3. The molecule has 349 valence electrons. The van der Waals surface area contributed by atoms with E-state index < -0.39 is 0 Å². The van der Waals surface area contributed by atoms with Crippen molar-refractivity contribution in [3.8, 4) is 22.3 Å². The van der Waals surface area contributed by atoms with E-state index >= 15 is 0 Å². The van der Waals surface area contributed by atoms with Gasteiger partial charge >= 0.3 is 0 Å². The van der Waals surface area contributed by atoms with Gasteiger partial charge in [0.1, 0.15) is 0 Å². The van der Waals surface area contributed by atoms with Crippen molar-refractivity contribution in [2.24, 2.45) is 0 Å². The number of thiophene rings is 1. The van der Waals surface area contributed by atoms with Crippen molar-refractivity contribution in [3.05, 3.63) is 160 Å². The molecule has 1 aliphatic heterocycles. The molecule has 0 bridgehead atoms. The van der Waals surface area contributed by atoms with Crippen LogP contribution < -0.4 is 21.1 Å². The Morgan fingerprint density at radius 1 is 0.565 bits per heavy atom. The lowest BCUT2D eigenvalue weighted by Gasteiger charge is -2.43. The maximum Gasteiger partial charge on any atom is 0.199 e. The molecule has 4 heteroatoms. The number of anilines is 5. The molecule has 0 amide bonds. The van der Waals surface area contributed by atoms with Crippen molar-refractivity contribution in [3.63, 3.8) is 0 Å². The van der Waals surface area contributed by atoms with Crippen molar-refractivity contribution in [1.29, 1.82) is 0 Å². The topological polar surface area (TPSA) is 15.3 Å². The van der Waals surface area contributed by atoms with Gasteiger partial charge < -0.3 is 10.2 Å². The molecule has 69 heavy (non-hydrogen) atoms. The van der Waals surface area contributed by atoms with E-state index in [9.17, 15) is 0 Å². The highest BCUT2D eigenvalue weighted by molar-refractivity contribution is 7.25. The first-order valence-corrected chi connectivity index (χ1v) is 26.8. The Morgan fingerprint density at radius 3 is 1.90 bits per heavy atom. The molecule has 2 nitrogen and oxygen atoms in total. The fourth-order valence-corrected chi connectivity index (χ4v) is 13.5. The van der Waals surface area contributed by atoms with Gasteiger partial charge in [0.05, 0.1) is 10.7 Å². The molecule has 1 aromatic heterocycles. The predicted octanol–water partition coefficient (Wildman–Crippen LogP) is 17.6. The molecule has 1 N–H and O–H groups in total. The summed E-state index contributed by atoms with van der Waals surface area (Å²) in [5, 5.41) is 9.18. The summed E-state index contributed by atoms with van der Waals surface area (Å²) in [7, 11) is 2.59. The van der Waals surface area contributed by atoms with Crippen molar-refractivity contribution in [2.75, 3.05) is 10.2 Å². The highest BCUT2D eigenvalue weighted by Gasteiger charge is 2.41. The van der Waals surface area contributed by atoms with Gasteiger partial charge in [-0.2, -0.15) is 0 Å². The summed E-state index contributed by atoms with van der Waals surface area (Å²) in [6.07, 6.45) is 9.61. The summed E-state index contributed by atoms with van der Waals surface area (Å²) in [4.78, 5) is 2.71. The first-order valence-electron chi connectivity index (χ1n) is 26.0. The van der Waals surface area contributed by atoms with Gasteiger partial charge in [-0.3, -0.25) is 0 Å². The molecular weight excluding hydrogens is 852 g/mol. The predicted molar refractivity (Wildman–Crippen MR) is 303 cm³/mol. The number of rotatable bonds is 9. The first-order chi connectivity index (χ1) is 32.9. The van der Waals surface area contributed by atoms with E-state index in [1.54, 1.807) is 0 Å². The highest BCUT2D eigenvalue weighted by Crippen LogP contribution is 2.54. The summed E-state index contributed by atoms with van der Waals surface area (Å²) in [6, 6.07) is 47.2. The molecule has 2 heterocycles. The van der Waals surface area contributed by atoms with E-state index in [0.29, 0.717) is 0 Å². The Kier molecular flexibility index (Phi) is 11.2. The van der Waals surface area contributed by atoms with Crippen LogP contribution in [0.5, 0.6) is 0 Å². The fourth-order valence-electron chi connectivity index (χ4n) is 12.3. The zero-order valence-corrected chi connectivity index (χ0v) is 44.0. The molecule has 3 aliphatic rings. The first kappa shape index (κ1) is 45.8. The molecule has 0 saturated heterocycles. The Morgan fingerprint density at radius 2 is 1.20 bits per heavy atom. The molecule has 8 aromatic rings. The van der Waals surface area contributed by atoms with Crippen LogP contribution >= 0.6 is 11.3 Å².